The average molecular weight is 196 g/mol. The van der Waals surface area contributed by atoms with E-state index in [9.17, 15) is 0 Å². The average Bonchev–Trinajstić information content (AvgIpc) is 1.98. The Hall–Kier alpha value is -0.170. The van der Waals surface area contributed by atoms with E-state index in [1.54, 1.807) is 0 Å². The summed E-state index contributed by atoms with van der Waals surface area (Å²) in [6, 6.07) is 0. The van der Waals surface area contributed by atoms with Crippen LogP contribution in [0.15, 0.2) is 23.8 Å². The first-order chi connectivity index (χ1) is 5.93. The second kappa shape index (κ2) is 3.91. The summed E-state index contributed by atoms with van der Waals surface area (Å²) < 4.78 is 0.0406. The third-order valence-corrected chi connectivity index (χ3v) is 3.36. The third-order valence-electron chi connectivity index (χ3n) is 2.82. The summed E-state index contributed by atoms with van der Waals surface area (Å²) in [5.74, 6) is 1.30. The summed E-state index contributed by atoms with van der Waals surface area (Å²) in [7, 11) is 0. The summed E-state index contributed by atoms with van der Waals surface area (Å²) >= 11 is 4.67. The van der Waals surface area contributed by atoms with Crippen molar-refractivity contribution in [2.75, 3.05) is 0 Å². The third kappa shape index (κ3) is 2.63. The Morgan fingerprint density at radius 3 is 2.69 bits per heavy atom. The summed E-state index contributed by atoms with van der Waals surface area (Å²) in [4.78, 5) is 0. The quantitative estimate of drug-likeness (QED) is 0.637. The second-order valence-corrected chi connectivity index (χ2v) is 5.61. The lowest BCUT2D eigenvalue weighted by Gasteiger charge is -2.33. The molecular formula is C12H20S. The Kier molecular flexibility index (Phi) is 3.28. The van der Waals surface area contributed by atoms with E-state index in [1.807, 2.05) is 0 Å². The molecule has 0 heterocycles. The van der Waals surface area contributed by atoms with Crippen molar-refractivity contribution in [1.82, 2.24) is 0 Å². The van der Waals surface area contributed by atoms with Crippen molar-refractivity contribution >= 4 is 12.6 Å². The fourth-order valence-electron chi connectivity index (χ4n) is 1.75. The Balaban J connectivity index is 2.76. The van der Waals surface area contributed by atoms with E-state index in [0.717, 1.165) is 5.92 Å². The highest BCUT2D eigenvalue weighted by atomic mass is 32.1. The lowest BCUT2D eigenvalue weighted by atomic mass is 9.80. The van der Waals surface area contributed by atoms with Crippen molar-refractivity contribution in [3.63, 3.8) is 0 Å². The molecule has 1 aliphatic rings. The molecule has 0 radical (unpaired) electrons. The molecule has 0 aliphatic heterocycles. The SMILES string of the molecule is CC(C)CC1=CC=CC(C)(S)C1C. The summed E-state index contributed by atoms with van der Waals surface area (Å²) in [6.07, 6.45) is 7.78. The van der Waals surface area contributed by atoms with Gasteiger partial charge in [-0.3, -0.25) is 0 Å². The Morgan fingerprint density at radius 2 is 2.15 bits per heavy atom. The molecule has 0 saturated carbocycles. The van der Waals surface area contributed by atoms with Gasteiger partial charge in [0.15, 0.2) is 0 Å². The molecule has 2 atom stereocenters. The maximum absolute atomic E-state index is 4.67. The van der Waals surface area contributed by atoms with Crippen LogP contribution < -0.4 is 0 Å². The lowest BCUT2D eigenvalue weighted by molar-refractivity contribution is 0.511. The van der Waals surface area contributed by atoms with Gasteiger partial charge in [-0.2, -0.15) is 12.6 Å². The van der Waals surface area contributed by atoms with Gasteiger partial charge in [0, 0.05) is 4.75 Å². The monoisotopic (exact) mass is 196 g/mol. The molecule has 0 spiro atoms. The van der Waals surface area contributed by atoms with E-state index in [4.69, 9.17) is 0 Å². The van der Waals surface area contributed by atoms with Gasteiger partial charge in [0.25, 0.3) is 0 Å². The van der Waals surface area contributed by atoms with Gasteiger partial charge in [0.1, 0.15) is 0 Å². The number of thiol groups is 1. The molecule has 13 heavy (non-hydrogen) atoms. The van der Waals surface area contributed by atoms with E-state index in [1.165, 1.54) is 12.0 Å². The molecule has 74 valence electrons. The lowest BCUT2D eigenvalue weighted by Crippen LogP contribution is -2.27. The molecule has 1 heteroatoms. The van der Waals surface area contributed by atoms with Crippen molar-refractivity contribution in [3.8, 4) is 0 Å². The van der Waals surface area contributed by atoms with Crippen molar-refractivity contribution in [2.24, 2.45) is 11.8 Å². The van der Waals surface area contributed by atoms with Gasteiger partial charge in [-0.25, -0.2) is 0 Å². The van der Waals surface area contributed by atoms with Crippen LogP contribution in [0.1, 0.15) is 34.1 Å². The van der Waals surface area contributed by atoms with Crippen LogP contribution in [0.2, 0.25) is 0 Å². The Bertz CT molecular complexity index is 234. The van der Waals surface area contributed by atoms with Crippen LogP contribution in [-0.2, 0) is 0 Å². The molecule has 0 N–H and O–H groups in total. The van der Waals surface area contributed by atoms with Crippen LogP contribution in [0.4, 0.5) is 0 Å². The molecule has 0 amide bonds. The standard InChI is InChI=1S/C12H20S/c1-9(2)8-11-6-5-7-12(4,13)10(11)3/h5-7,9-10,13H,8H2,1-4H3. The topological polar surface area (TPSA) is 0 Å². The molecule has 1 rings (SSSR count). The van der Waals surface area contributed by atoms with Crippen LogP contribution in [0.3, 0.4) is 0 Å². The first-order valence-electron chi connectivity index (χ1n) is 5.04. The zero-order valence-corrected chi connectivity index (χ0v) is 9.94. The van der Waals surface area contributed by atoms with Crippen molar-refractivity contribution in [1.29, 1.82) is 0 Å². The fourth-order valence-corrected chi connectivity index (χ4v) is 2.00. The van der Waals surface area contributed by atoms with Crippen LogP contribution in [-0.4, -0.2) is 4.75 Å². The van der Waals surface area contributed by atoms with Gasteiger partial charge in [0.2, 0.25) is 0 Å². The van der Waals surface area contributed by atoms with Gasteiger partial charge in [-0.1, -0.05) is 44.6 Å². The molecule has 0 aromatic carbocycles. The first-order valence-corrected chi connectivity index (χ1v) is 5.49. The number of hydrogen-bond acceptors (Lipinski definition) is 1. The van der Waals surface area contributed by atoms with Gasteiger partial charge in [-0.05, 0) is 25.2 Å². The zero-order chi connectivity index (χ0) is 10.1. The van der Waals surface area contributed by atoms with Crippen LogP contribution >= 0.6 is 12.6 Å². The first kappa shape index (κ1) is 10.9. The molecule has 0 aromatic heterocycles. The van der Waals surface area contributed by atoms with Crippen LogP contribution in [0.5, 0.6) is 0 Å². The molecule has 0 bridgehead atoms. The highest BCUT2D eigenvalue weighted by Crippen LogP contribution is 2.37. The normalized spacial score (nSPS) is 33.7. The largest absolute Gasteiger partial charge is 0.168 e. The maximum Gasteiger partial charge on any atom is 0.0346 e. The Labute approximate surface area is 87.5 Å². The Morgan fingerprint density at radius 1 is 1.54 bits per heavy atom. The van der Waals surface area contributed by atoms with E-state index in [0.29, 0.717) is 5.92 Å². The highest BCUT2D eigenvalue weighted by Gasteiger charge is 2.28. The number of allylic oxidation sites excluding steroid dienone is 3. The van der Waals surface area contributed by atoms with Gasteiger partial charge < -0.3 is 0 Å². The summed E-state index contributed by atoms with van der Waals surface area (Å²) in [5.41, 5.74) is 1.54. The van der Waals surface area contributed by atoms with Crippen LogP contribution in [0.25, 0.3) is 0 Å². The molecule has 0 nitrogen and oxygen atoms in total. The van der Waals surface area contributed by atoms with Crippen LogP contribution in [0, 0.1) is 11.8 Å². The van der Waals surface area contributed by atoms with Gasteiger partial charge in [-0.15, -0.1) is 0 Å². The van der Waals surface area contributed by atoms with Gasteiger partial charge >= 0.3 is 0 Å². The molecular weight excluding hydrogens is 176 g/mol. The molecule has 1 aliphatic carbocycles. The van der Waals surface area contributed by atoms with E-state index in [-0.39, 0.29) is 4.75 Å². The number of rotatable bonds is 2. The van der Waals surface area contributed by atoms with Gasteiger partial charge in [0.05, 0.1) is 0 Å². The fraction of sp³-hybridized carbons (Fsp3) is 0.667. The summed E-state index contributed by atoms with van der Waals surface area (Å²) in [5, 5.41) is 0. The van der Waals surface area contributed by atoms with Crippen molar-refractivity contribution in [3.05, 3.63) is 23.8 Å². The van der Waals surface area contributed by atoms with E-state index in [2.05, 4.69) is 58.6 Å². The predicted octanol–water partition coefficient (Wildman–Crippen LogP) is 3.85. The number of hydrogen-bond donors (Lipinski definition) is 1. The minimum absolute atomic E-state index is 0.0406. The predicted molar refractivity (Wildman–Crippen MR) is 63.2 cm³/mol. The minimum Gasteiger partial charge on any atom is -0.168 e. The highest BCUT2D eigenvalue weighted by molar-refractivity contribution is 7.82. The van der Waals surface area contributed by atoms with E-state index < -0.39 is 0 Å². The molecule has 0 fully saturated rings. The zero-order valence-electron chi connectivity index (χ0n) is 9.04. The summed E-state index contributed by atoms with van der Waals surface area (Å²) in [6.45, 7) is 8.98. The second-order valence-electron chi connectivity index (χ2n) is 4.65. The minimum atomic E-state index is 0.0406. The molecule has 0 saturated heterocycles. The van der Waals surface area contributed by atoms with Crippen molar-refractivity contribution < 1.29 is 0 Å². The van der Waals surface area contributed by atoms with Crippen molar-refractivity contribution in [2.45, 2.75) is 38.9 Å². The smallest absolute Gasteiger partial charge is 0.0346 e. The molecule has 0 aromatic rings. The van der Waals surface area contributed by atoms with E-state index >= 15 is 0 Å². The maximum atomic E-state index is 4.67. The molecule has 2 unspecified atom stereocenters.